The van der Waals surface area contributed by atoms with Crippen molar-refractivity contribution < 1.29 is 9.53 Å². The van der Waals surface area contributed by atoms with Gasteiger partial charge in [-0.25, -0.2) is 0 Å². The van der Waals surface area contributed by atoms with Crippen LogP contribution in [-0.2, 0) is 9.53 Å². The maximum absolute atomic E-state index is 12.6. The van der Waals surface area contributed by atoms with Crippen molar-refractivity contribution in [2.75, 3.05) is 32.8 Å². The lowest BCUT2D eigenvalue weighted by Gasteiger charge is -2.31. The number of hydrogen-bond donors (Lipinski definition) is 2. The fraction of sp³-hybridized carbons (Fsp3) is 0.632. The van der Waals surface area contributed by atoms with Gasteiger partial charge in [0.15, 0.2) is 0 Å². The maximum atomic E-state index is 12.6. The van der Waals surface area contributed by atoms with Gasteiger partial charge in [0, 0.05) is 32.1 Å². The average molecular weight is 331 g/mol. The smallest absolute Gasteiger partial charge is 0.220 e. The maximum Gasteiger partial charge on any atom is 0.220 e. The molecule has 0 spiro atoms. The molecule has 132 valence electrons. The lowest BCUT2D eigenvalue weighted by atomic mass is 9.99. The number of ether oxygens (including phenoxy) is 1. The van der Waals surface area contributed by atoms with Gasteiger partial charge in [0.2, 0.25) is 5.91 Å². The van der Waals surface area contributed by atoms with Gasteiger partial charge in [-0.3, -0.25) is 9.69 Å². The summed E-state index contributed by atoms with van der Waals surface area (Å²) in [6.45, 7) is 4.22. The summed E-state index contributed by atoms with van der Waals surface area (Å²) < 4.78 is 5.43. The normalized spacial score (nSPS) is 26.2. The van der Waals surface area contributed by atoms with Gasteiger partial charge < -0.3 is 15.8 Å². The van der Waals surface area contributed by atoms with Gasteiger partial charge in [0.05, 0.1) is 19.3 Å². The number of benzene rings is 1. The number of hydrogen-bond acceptors (Lipinski definition) is 4. The third-order valence-corrected chi connectivity index (χ3v) is 5.25. The first-order valence-electron chi connectivity index (χ1n) is 9.12. The summed E-state index contributed by atoms with van der Waals surface area (Å²) in [5.41, 5.74) is 7.28. The Morgan fingerprint density at radius 3 is 2.67 bits per heavy atom. The fourth-order valence-corrected chi connectivity index (χ4v) is 3.77. The molecule has 2 aliphatic rings. The van der Waals surface area contributed by atoms with E-state index in [2.05, 4.69) is 22.3 Å². The highest BCUT2D eigenvalue weighted by molar-refractivity contribution is 5.76. The van der Waals surface area contributed by atoms with Gasteiger partial charge in [-0.05, 0) is 24.3 Å². The van der Waals surface area contributed by atoms with Gasteiger partial charge in [-0.15, -0.1) is 0 Å². The largest absolute Gasteiger partial charge is 0.379 e. The van der Waals surface area contributed by atoms with Crippen LogP contribution >= 0.6 is 0 Å². The molecular weight excluding hydrogens is 302 g/mol. The SMILES string of the molecule is N[C@@H]1CCC[C@H]1CC(=O)NC(CN1CCOCC1)c1ccccc1. The summed E-state index contributed by atoms with van der Waals surface area (Å²) in [6, 6.07) is 10.5. The van der Waals surface area contributed by atoms with Gasteiger partial charge in [-0.1, -0.05) is 36.8 Å². The Balaban J connectivity index is 1.61. The zero-order valence-electron chi connectivity index (χ0n) is 14.3. The first-order valence-corrected chi connectivity index (χ1v) is 9.12. The number of nitrogens with zero attached hydrogens (tertiary/aromatic N) is 1. The van der Waals surface area contributed by atoms with E-state index >= 15 is 0 Å². The second kappa shape index (κ2) is 8.60. The fourth-order valence-electron chi connectivity index (χ4n) is 3.77. The number of nitrogens with one attached hydrogen (secondary N) is 1. The Morgan fingerprint density at radius 2 is 2.00 bits per heavy atom. The zero-order valence-corrected chi connectivity index (χ0v) is 14.3. The van der Waals surface area contributed by atoms with Crippen molar-refractivity contribution in [1.82, 2.24) is 10.2 Å². The minimum Gasteiger partial charge on any atom is -0.379 e. The van der Waals surface area contributed by atoms with Crippen LogP contribution in [0.4, 0.5) is 0 Å². The van der Waals surface area contributed by atoms with Crippen molar-refractivity contribution in [2.24, 2.45) is 11.7 Å². The minimum atomic E-state index is 0.0226. The predicted molar refractivity (Wildman–Crippen MR) is 94.5 cm³/mol. The Morgan fingerprint density at radius 1 is 1.25 bits per heavy atom. The van der Waals surface area contributed by atoms with Crippen LogP contribution in [0, 0.1) is 5.92 Å². The first-order chi connectivity index (χ1) is 11.7. The summed E-state index contributed by atoms with van der Waals surface area (Å²) in [5.74, 6) is 0.462. The van der Waals surface area contributed by atoms with E-state index in [1.807, 2.05) is 18.2 Å². The first kappa shape index (κ1) is 17.4. The van der Waals surface area contributed by atoms with Crippen molar-refractivity contribution in [1.29, 1.82) is 0 Å². The second-order valence-corrected chi connectivity index (χ2v) is 7.00. The van der Waals surface area contributed by atoms with E-state index in [0.29, 0.717) is 12.3 Å². The van der Waals surface area contributed by atoms with Crippen LogP contribution in [-0.4, -0.2) is 49.7 Å². The van der Waals surface area contributed by atoms with E-state index < -0.39 is 0 Å². The van der Waals surface area contributed by atoms with Crippen LogP contribution in [0.1, 0.15) is 37.3 Å². The van der Waals surface area contributed by atoms with E-state index in [4.69, 9.17) is 10.5 Å². The van der Waals surface area contributed by atoms with Gasteiger partial charge in [0.1, 0.15) is 0 Å². The molecule has 0 aromatic heterocycles. The number of carbonyl (C=O) groups excluding carboxylic acids is 1. The molecule has 1 aliphatic carbocycles. The van der Waals surface area contributed by atoms with Crippen LogP contribution in [0.2, 0.25) is 0 Å². The number of carbonyl (C=O) groups is 1. The highest BCUT2D eigenvalue weighted by atomic mass is 16.5. The van der Waals surface area contributed by atoms with Crippen LogP contribution in [0.15, 0.2) is 30.3 Å². The summed E-state index contributed by atoms with van der Waals surface area (Å²) in [7, 11) is 0. The topological polar surface area (TPSA) is 67.6 Å². The van der Waals surface area contributed by atoms with E-state index in [9.17, 15) is 4.79 Å². The Kier molecular flexibility index (Phi) is 6.24. The highest BCUT2D eigenvalue weighted by Gasteiger charge is 2.27. The molecule has 1 saturated heterocycles. The molecule has 0 radical (unpaired) electrons. The lowest BCUT2D eigenvalue weighted by molar-refractivity contribution is -0.123. The molecule has 1 heterocycles. The summed E-state index contributed by atoms with van der Waals surface area (Å²) in [5, 5.41) is 3.25. The van der Waals surface area contributed by atoms with Crippen molar-refractivity contribution in [2.45, 2.75) is 37.8 Å². The molecule has 1 saturated carbocycles. The summed E-state index contributed by atoms with van der Waals surface area (Å²) in [4.78, 5) is 14.9. The molecule has 1 aliphatic heterocycles. The second-order valence-electron chi connectivity index (χ2n) is 7.00. The molecule has 5 heteroatoms. The molecule has 2 fully saturated rings. The molecule has 3 rings (SSSR count). The molecule has 5 nitrogen and oxygen atoms in total. The molecule has 3 N–H and O–H groups in total. The van der Waals surface area contributed by atoms with Crippen molar-refractivity contribution in [3.63, 3.8) is 0 Å². The molecule has 1 unspecified atom stereocenters. The molecule has 24 heavy (non-hydrogen) atoms. The van der Waals surface area contributed by atoms with Crippen LogP contribution in [0.3, 0.4) is 0 Å². The number of morpholine rings is 1. The van der Waals surface area contributed by atoms with E-state index in [-0.39, 0.29) is 18.0 Å². The Labute approximate surface area is 144 Å². The monoisotopic (exact) mass is 331 g/mol. The summed E-state index contributed by atoms with van der Waals surface area (Å²) in [6.07, 6.45) is 3.82. The number of rotatable bonds is 6. The van der Waals surface area contributed by atoms with Gasteiger partial charge in [0.25, 0.3) is 0 Å². The number of nitrogens with two attached hydrogens (primary N) is 1. The van der Waals surface area contributed by atoms with Crippen LogP contribution < -0.4 is 11.1 Å². The molecule has 1 aromatic carbocycles. The molecule has 1 amide bonds. The highest BCUT2D eigenvalue weighted by Crippen LogP contribution is 2.27. The van der Waals surface area contributed by atoms with E-state index in [1.54, 1.807) is 0 Å². The standard InChI is InChI=1S/C19H29N3O2/c20-17-8-4-7-16(17)13-19(23)21-18(15-5-2-1-3-6-15)14-22-9-11-24-12-10-22/h1-3,5-6,16-18H,4,7-14,20H2,(H,21,23)/t16-,17+,18?/m0/s1. The third-order valence-electron chi connectivity index (χ3n) is 5.25. The van der Waals surface area contributed by atoms with Crippen LogP contribution in [0.25, 0.3) is 0 Å². The van der Waals surface area contributed by atoms with Gasteiger partial charge in [-0.2, -0.15) is 0 Å². The van der Waals surface area contributed by atoms with Crippen molar-refractivity contribution in [3.05, 3.63) is 35.9 Å². The molecule has 3 atom stereocenters. The van der Waals surface area contributed by atoms with Crippen LogP contribution in [0.5, 0.6) is 0 Å². The molecule has 1 aromatic rings. The quantitative estimate of drug-likeness (QED) is 0.832. The van der Waals surface area contributed by atoms with E-state index in [1.165, 1.54) is 0 Å². The lowest BCUT2D eigenvalue weighted by Crippen LogP contribution is -2.43. The van der Waals surface area contributed by atoms with Crippen molar-refractivity contribution in [3.8, 4) is 0 Å². The van der Waals surface area contributed by atoms with E-state index in [0.717, 1.165) is 57.7 Å². The predicted octanol–water partition coefficient (Wildman–Crippen LogP) is 1.69. The number of amides is 1. The third kappa shape index (κ3) is 4.79. The Hall–Kier alpha value is -1.43. The summed E-state index contributed by atoms with van der Waals surface area (Å²) >= 11 is 0. The molecule has 0 bridgehead atoms. The van der Waals surface area contributed by atoms with Crippen molar-refractivity contribution >= 4 is 5.91 Å². The minimum absolute atomic E-state index is 0.0226. The zero-order chi connectivity index (χ0) is 16.8. The Bertz CT molecular complexity index is 517. The molecular formula is C19H29N3O2. The average Bonchev–Trinajstić information content (AvgIpc) is 3.01. The van der Waals surface area contributed by atoms with Gasteiger partial charge >= 0.3 is 0 Å².